The minimum atomic E-state index is -0.539. The Morgan fingerprint density at radius 3 is 2.64 bits per heavy atom. The highest BCUT2D eigenvalue weighted by molar-refractivity contribution is 5.79. The molecule has 0 saturated carbocycles. The normalized spacial score (nSPS) is 19.8. The summed E-state index contributed by atoms with van der Waals surface area (Å²) in [5, 5.41) is 0. The summed E-state index contributed by atoms with van der Waals surface area (Å²) >= 11 is 0. The molecule has 1 saturated heterocycles. The number of carbonyl (C=O) groups excluding carboxylic acids is 1. The molecule has 1 fully saturated rings. The van der Waals surface area contributed by atoms with Gasteiger partial charge in [-0.1, -0.05) is 0 Å². The second-order valence-electron chi connectivity index (χ2n) is 6.23. The first-order valence-corrected chi connectivity index (χ1v) is 8.20. The fourth-order valence-electron chi connectivity index (χ4n) is 2.93. The van der Waals surface area contributed by atoms with Crippen molar-refractivity contribution in [2.45, 2.75) is 18.4 Å². The molecule has 2 aromatic rings. The molecule has 1 aromatic carbocycles. The number of methoxy groups -OCH3 is 1. The van der Waals surface area contributed by atoms with Gasteiger partial charge in [0.05, 0.1) is 13.0 Å². The molecule has 1 atom stereocenters. The lowest BCUT2D eigenvalue weighted by Gasteiger charge is -2.28. The van der Waals surface area contributed by atoms with Gasteiger partial charge in [-0.3, -0.25) is 9.78 Å². The number of hydrogen-bond donors (Lipinski definition) is 0. The Balaban J connectivity index is 1.58. The van der Waals surface area contributed by atoms with E-state index in [4.69, 9.17) is 9.47 Å². The summed E-state index contributed by atoms with van der Waals surface area (Å²) in [4.78, 5) is 18.3. The number of rotatable bonds is 6. The van der Waals surface area contributed by atoms with Crippen molar-refractivity contribution in [2.24, 2.45) is 0 Å². The van der Waals surface area contributed by atoms with Crippen LogP contribution in [-0.2, 0) is 16.0 Å². The highest BCUT2D eigenvalue weighted by atomic mass is 19.1. The molecule has 25 heavy (non-hydrogen) atoms. The fourth-order valence-corrected chi connectivity index (χ4v) is 2.93. The number of halogens is 1. The molecular formula is C19H21FN2O3. The van der Waals surface area contributed by atoms with E-state index in [9.17, 15) is 9.18 Å². The first-order valence-electron chi connectivity index (χ1n) is 8.20. The molecule has 1 amide bonds. The van der Waals surface area contributed by atoms with Crippen molar-refractivity contribution in [1.82, 2.24) is 9.88 Å². The molecule has 0 bridgehead atoms. The smallest absolute Gasteiger partial charge is 0.227 e. The zero-order chi connectivity index (χ0) is 17.7. The maximum Gasteiger partial charge on any atom is 0.227 e. The van der Waals surface area contributed by atoms with Crippen LogP contribution in [0.3, 0.4) is 0 Å². The van der Waals surface area contributed by atoms with Gasteiger partial charge in [0, 0.05) is 26.0 Å². The summed E-state index contributed by atoms with van der Waals surface area (Å²) in [6, 6.07) is 9.56. The topological polar surface area (TPSA) is 51.7 Å². The molecule has 0 N–H and O–H groups in total. The van der Waals surface area contributed by atoms with Crippen LogP contribution in [0.25, 0.3) is 0 Å². The molecule has 6 heteroatoms. The number of nitrogens with zero attached hydrogens (tertiary/aromatic N) is 2. The van der Waals surface area contributed by atoms with E-state index in [1.165, 1.54) is 12.1 Å². The predicted molar refractivity (Wildman–Crippen MR) is 90.8 cm³/mol. The van der Waals surface area contributed by atoms with Gasteiger partial charge in [-0.2, -0.15) is 0 Å². The van der Waals surface area contributed by atoms with Crippen LogP contribution in [0.2, 0.25) is 0 Å². The van der Waals surface area contributed by atoms with E-state index in [-0.39, 0.29) is 11.7 Å². The Hall–Kier alpha value is -2.47. The van der Waals surface area contributed by atoms with Crippen molar-refractivity contribution in [3.05, 3.63) is 60.2 Å². The summed E-state index contributed by atoms with van der Waals surface area (Å²) in [6.45, 7) is 1.42. The van der Waals surface area contributed by atoms with Crippen molar-refractivity contribution in [3.63, 3.8) is 0 Å². The highest BCUT2D eigenvalue weighted by Gasteiger charge is 2.41. The first-order chi connectivity index (χ1) is 12.1. The number of benzene rings is 1. The second kappa shape index (κ2) is 7.61. The molecule has 1 aliphatic rings. The summed E-state index contributed by atoms with van der Waals surface area (Å²) in [5.74, 6) is 0.342. The minimum absolute atomic E-state index is 0.0620. The lowest BCUT2D eigenvalue weighted by molar-refractivity contribution is -0.131. The van der Waals surface area contributed by atoms with Crippen molar-refractivity contribution in [3.8, 4) is 5.75 Å². The van der Waals surface area contributed by atoms with Crippen molar-refractivity contribution in [1.29, 1.82) is 0 Å². The van der Waals surface area contributed by atoms with E-state index >= 15 is 0 Å². The van der Waals surface area contributed by atoms with Gasteiger partial charge in [0.1, 0.15) is 23.8 Å². The number of carbonyl (C=O) groups is 1. The second-order valence-corrected chi connectivity index (χ2v) is 6.23. The van der Waals surface area contributed by atoms with Crippen LogP contribution in [0.4, 0.5) is 4.39 Å². The molecular weight excluding hydrogens is 323 g/mol. The predicted octanol–water partition coefficient (Wildman–Crippen LogP) is 2.46. The zero-order valence-corrected chi connectivity index (χ0v) is 14.2. The zero-order valence-electron chi connectivity index (χ0n) is 14.2. The van der Waals surface area contributed by atoms with E-state index in [2.05, 4.69) is 4.98 Å². The van der Waals surface area contributed by atoms with Crippen LogP contribution >= 0.6 is 0 Å². The van der Waals surface area contributed by atoms with Gasteiger partial charge in [0.25, 0.3) is 0 Å². The monoisotopic (exact) mass is 344 g/mol. The lowest BCUT2D eigenvalue weighted by atomic mass is 10.0. The van der Waals surface area contributed by atoms with Gasteiger partial charge in [0.15, 0.2) is 0 Å². The summed E-state index contributed by atoms with van der Waals surface area (Å²) in [5.41, 5.74) is 0.403. The van der Waals surface area contributed by atoms with Crippen molar-refractivity contribution < 1.29 is 18.7 Å². The average molecular weight is 344 g/mol. The number of ether oxygens (including phenoxy) is 2. The molecule has 0 radical (unpaired) electrons. The van der Waals surface area contributed by atoms with Crippen molar-refractivity contribution >= 4 is 5.91 Å². The average Bonchev–Trinajstić information content (AvgIpc) is 3.07. The molecule has 1 aliphatic heterocycles. The molecule has 3 rings (SSSR count). The molecule has 0 spiro atoms. The number of hydrogen-bond acceptors (Lipinski definition) is 4. The van der Waals surface area contributed by atoms with Crippen molar-refractivity contribution in [2.75, 3.05) is 26.8 Å². The number of pyridine rings is 1. The van der Waals surface area contributed by atoms with Gasteiger partial charge >= 0.3 is 0 Å². The minimum Gasteiger partial charge on any atom is -0.491 e. The third kappa shape index (κ3) is 4.33. The Labute approximate surface area is 146 Å². The molecule has 2 heterocycles. The maximum absolute atomic E-state index is 13.0. The molecule has 1 aromatic heterocycles. The number of aromatic nitrogens is 1. The standard InChI is InChI=1S/C19H21FN2O3/c1-24-19(14-25-17-4-2-16(20)3-5-17)8-11-22(13-19)18(23)12-15-6-9-21-10-7-15/h2-7,9-10H,8,11-14H2,1H3/t19-/m0/s1. The summed E-state index contributed by atoms with van der Waals surface area (Å²) < 4.78 is 24.4. The highest BCUT2D eigenvalue weighted by Crippen LogP contribution is 2.27. The Bertz CT molecular complexity index is 708. The van der Waals surface area contributed by atoms with E-state index in [1.54, 1.807) is 36.5 Å². The van der Waals surface area contributed by atoms with Crippen LogP contribution in [0.15, 0.2) is 48.8 Å². The SMILES string of the molecule is CO[C@@]1(COc2ccc(F)cc2)CCN(C(=O)Cc2ccncc2)C1. The third-order valence-corrected chi connectivity index (χ3v) is 4.52. The lowest BCUT2D eigenvalue weighted by Crippen LogP contribution is -2.42. The van der Waals surface area contributed by atoms with E-state index < -0.39 is 5.60 Å². The van der Waals surface area contributed by atoms with Gasteiger partial charge < -0.3 is 14.4 Å². The van der Waals surface area contributed by atoms with E-state index in [0.717, 1.165) is 5.56 Å². The van der Waals surface area contributed by atoms with Crippen LogP contribution in [-0.4, -0.2) is 48.2 Å². The summed E-state index contributed by atoms with van der Waals surface area (Å²) in [6.07, 6.45) is 4.42. The Morgan fingerprint density at radius 1 is 1.24 bits per heavy atom. The van der Waals surface area contributed by atoms with Gasteiger partial charge in [0.2, 0.25) is 5.91 Å². The van der Waals surface area contributed by atoms with Crippen LogP contribution in [0, 0.1) is 5.82 Å². The fraction of sp³-hybridized carbons (Fsp3) is 0.368. The maximum atomic E-state index is 13.0. The van der Waals surface area contributed by atoms with E-state index in [1.807, 2.05) is 12.1 Å². The molecule has 0 unspecified atom stereocenters. The quantitative estimate of drug-likeness (QED) is 0.808. The van der Waals surface area contributed by atoms with Crippen LogP contribution < -0.4 is 4.74 Å². The summed E-state index contributed by atoms with van der Waals surface area (Å²) in [7, 11) is 1.63. The third-order valence-electron chi connectivity index (χ3n) is 4.52. The van der Waals surface area contributed by atoms with Crippen LogP contribution in [0.1, 0.15) is 12.0 Å². The molecule has 132 valence electrons. The number of likely N-dealkylation sites (tertiary alicyclic amines) is 1. The largest absolute Gasteiger partial charge is 0.491 e. The number of amides is 1. The van der Waals surface area contributed by atoms with Gasteiger partial charge in [-0.25, -0.2) is 4.39 Å². The van der Waals surface area contributed by atoms with Gasteiger partial charge in [-0.05, 0) is 48.4 Å². The molecule has 5 nitrogen and oxygen atoms in total. The Morgan fingerprint density at radius 2 is 1.96 bits per heavy atom. The van der Waals surface area contributed by atoms with E-state index in [0.29, 0.717) is 38.3 Å². The Kier molecular flexibility index (Phi) is 5.28. The van der Waals surface area contributed by atoms with Gasteiger partial charge in [-0.15, -0.1) is 0 Å². The molecule has 0 aliphatic carbocycles. The first kappa shape index (κ1) is 17.4. The van der Waals surface area contributed by atoms with Crippen LogP contribution in [0.5, 0.6) is 5.75 Å².